The third-order valence-electron chi connectivity index (χ3n) is 2.57. The van der Waals surface area contributed by atoms with E-state index < -0.39 is 0 Å². The maximum atomic E-state index is 11.2. The number of carbonyl (C=O) groups excluding carboxylic acids is 2. The van der Waals surface area contributed by atoms with Crippen LogP contribution in [-0.4, -0.2) is 43.0 Å². The van der Waals surface area contributed by atoms with Gasteiger partial charge in [0.2, 0.25) is 5.91 Å². The summed E-state index contributed by atoms with van der Waals surface area (Å²) >= 11 is 0. The molecule has 0 spiro atoms. The van der Waals surface area contributed by atoms with Gasteiger partial charge in [-0.1, -0.05) is 0 Å². The second kappa shape index (κ2) is 5.70. The van der Waals surface area contributed by atoms with Crippen LogP contribution < -0.4 is 5.73 Å². The number of hydrogen-bond donors (Lipinski definition) is 1. The molecule has 0 radical (unpaired) electrons. The van der Waals surface area contributed by atoms with Crippen molar-refractivity contribution in [2.24, 2.45) is 11.7 Å². The second-order valence-corrected chi connectivity index (χ2v) is 3.78. The molecule has 1 saturated heterocycles. The zero-order chi connectivity index (χ0) is 11.3. The molecular weight excluding hydrogens is 196 g/mol. The predicted octanol–water partition coefficient (Wildman–Crippen LogP) is -0.253. The van der Waals surface area contributed by atoms with Gasteiger partial charge in [-0.05, 0) is 26.3 Å². The van der Waals surface area contributed by atoms with Gasteiger partial charge in [-0.25, -0.2) is 0 Å². The SMILES string of the molecule is CCOC(=O)CN1CCCC(C(N)=O)C1. The average molecular weight is 214 g/mol. The minimum absolute atomic E-state index is 0.117. The van der Waals surface area contributed by atoms with E-state index in [9.17, 15) is 9.59 Å². The first-order valence-electron chi connectivity index (χ1n) is 5.30. The third-order valence-corrected chi connectivity index (χ3v) is 2.57. The van der Waals surface area contributed by atoms with Crippen molar-refractivity contribution in [3.05, 3.63) is 0 Å². The van der Waals surface area contributed by atoms with Gasteiger partial charge in [0.15, 0.2) is 0 Å². The summed E-state index contributed by atoms with van der Waals surface area (Å²) in [5, 5.41) is 0. The van der Waals surface area contributed by atoms with Gasteiger partial charge in [-0.3, -0.25) is 14.5 Å². The van der Waals surface area contributed by atoms with Crippen LogP contribution in [0.5, 0.6) is 0 Å². The normalized spacial score (nSPS) is 22.3. The lowest BCUT2D eigenvalue weighted by Gasteiger charge is -2.30. The van der Waals surface area contributed by atoms with Gasteiger partial charge in [-0.2, -0.15) is 0 Å². The van der Waals surface area contributed by atoms with Crippen molar-refractivity contribution in [3.8, 4) is 0 Å². The molecule has 1 amide bonds. The molecule has 5 nitrogen and oxygen atoms in total. The number of likely N-dealkylation sites (tertiary alicyclic amines) is 1. The van der Waals surface area contributed by atoms with Crippen molar-refractivity contribution >= 4 is 11.9 Å². The van der Waals surface area contributed by atoms with Gasteiger partial charge in [0.25, 0.3) is 0 Å². The first kappa shape index (κ1) is 12.0. The monoisotopic (exact) mass is 214 g/mol. The van der Waals surface area contributed by atoms with Crippen molar-refractivity contribution in [1.29, 1.82) is 0 Å². The number of nitrogens with two attached hydrogens (primary N) is 1. The zero-order valence-electron chi connectivity index (χ0n) is 9.07. The highest BCUT2D eigenvalue weighted by Gasteiger charge is 2.25. The molecule has 1 fully saturated rings. The summed E-state index contributed by atoms with van der Waals surface area (Å²) in [5.41, 5.74) is 5.24. The van der Waals surface area contributed by atoms with E-state index in [4.69, 9.17) is 10.5 Å². The lowest BCUT2D eigenvalue weighted by atomic mass is 9.97. The zero-order valence-corrected chi connectivity index (χ0v) is 9.07. The summed E-state index contributed by atoms with van der Waals surface area (Å²) in [6, 6.07) is 0. The molecule has 1 aliphatic rings. The fourth-order valence-corrected chi connectivity index (χ4v) is 1.82. The molecule has 0 aromatic carbocycles. The Bertz CT molecular complexity index is 243. The van der Waals surface area contributed by atoms with Gasteiger partial charge in [0.05, 0.1) is 19.1 Å². The molecular formula is C10H18N2O3. The van der Waals surface area contributed by atoms with Crippen LogP contribution in [0.3, 0.4) is 0 Å². The van der Waals surface area contributed by atoms with Crippen molar-refractivity contribution < 1.29 is 14.3 Å². The Balaban J connectivity index is 2.36. The summed E-state index contributed by atoms with van der Waals surface area (Å²) < 4.78 is 4.84. The maximum absolute atomic E-state index is 11.2. The molecule has 0 aromatic heterocycles. The molecule has 5 heteroatoms. The molecule has 1 unspecified atom stereocenters. The molecule has 0 aliphatic carbocycles. The van der Waals surface area contributed by atoms with Gasteiger partial charge >= 0.3 is 5.97 Å². The molecule has 1 rings (SSSR count). The van der Waals surface area contributed by atoms with E-state index in [2.05, 4.69) is 0 Å². The number of carbonyl (C=O) groups is 2. The lowest BCUT2D eigenvalue weighted by molar-refractivity contribution is -0.145. The molecule has 86 valence electrons. The van der Waals surface area contributed by atoms with Crippen LogP contribution in [0.2, 0.25) is 0 Å². The topological polar surface area (TPSA) is 72.6 Å². The number of esters is 1. The summed E-state index contributed by atoms with van der Waals surface area (Å²) in [6.07, 6.45) is 1.74. The van der Waals surface area contributed by atoms with Crippen LogP contribution in [0.1, 0.15) is 19.8 Å². The number of amides is 1. The minimum Gasteiger partial charge on any atom is -0.465 e. The summed E-state index contributed by atoms with van der Waals surface area (Å²) in [7, 11) is 0. The average Bonchev–Trinajstić information content (AvgIpc) is 2.18. The molecule has 15 heavy (non-hydrogen) atoms. The van der Waals surface area contributed by atoms with Crippen LogP contribution in [0.15, 0.2) is 0 Å². The first-order chi connectivity index (χ1) is 7.13. The van der Waals surface area contributed by atoms with Crippen molar-refractivity contribution in [1.82, 2.24) is 4.90 Å². The fourth-order valence-electron chi connectivity index (χ4n) is 1.82. The largest absolute Gasteiger partial charge is 0.465 e. The molecule has 2 N–H and O–H groups in total. The van der Waals surface area contributed by atoms with E-state index in [0.717, 1.165) is 19.4 Å². The summed E-state index contributed by atoms with van der Waals surface area (Å²) in [5.74, 6) is -0.626. The number of rotatable bonds is 4. The van der Waals surface area contributed by atoms with E-state index in [0.29, 0.717) is 13.2 Å². The Kier molecular flexibility index (Phi) is 4.55. The highest BCUT2D eigenvalue weighted by Crippen LogP contribution is 2.15. The maximum Gasteiger partial charge on any atom is 0.320 e. The van der Waals surface area contributed by atoms with Crippen LogP contribution in [-0.2, 0) is 14.3 Å². The fraction of sp³-hybridized carbons (Fsp3) is 0.800. The minimum atomic E-state index is -0.274. The Morgan fingerprint density at radius 1 is 1.53 bits per heavy atom. The van der Waals surface area contributed by atoms with E-state index in [-0.39, 0.29) is 24.3 Å². The molecule has 0 aromatic rings. The first-order valence-corrected chi connectivity index (χ1v) is 5.30. The Labute approximate surface area is 89.6 Å². The number of primary amides is 1. The van der Waals surface area contributed by atoms with E-state index in [1.807, 2.05) is 4.90 Å². The predicted molar refractivity (Wildman–Crippen MR) is 55.0 cm³/mol. The van der Waals surface area contributed by atoms with Crippen molar-refractivity contribution in [2.45, 2.75) is 19.8 Å². The molecule has 1 aliphatic heterocycles. The number of hydrogen-bond acceptors (Lipinski definition) is 4. The Hall–Kier alpha value is -1.10. The third kappa shape index (κ3) is 3.87. The van der Waals surface area contributed by atoms with Crippen LogP contribution >= 0.6 is 0 Å². The van der Waals surface area contributed by atoms with Gasteiger partial charge in [0.1, 0.15) is 0 Å². The molecule has 0 saturated carbocycles. The number of piperidine rings is 1. The number of ether oxygens (including phenoxy) is 1. The summed E-state index contributed by atoms with van der Waals surface area (Å²) in [4.78, 5) is 24.1. The highest BCUT2D eigenvalue weighted by atomic mass is 16.5. The standard InChI is InChI=1S/C10H18N2O3/c1-2-15-9(13)7-12-5-3-4-8(6-12)10(11)14/h8H,2-7H2,1H3,(H2,11,14). The molecule has 1 heterocycles. The van der Waals surface area contributed by atoms with Gasteiger partial charge < -0.3 is 10.5 Å². The Morgan fingerprint density at radius 2 is 2.27 bits per heavy atom. The van der Waals surface area contributed by atoms with E-state index in [1.54, 1.807) is 6.92 Å². The van der Waals surface area contributed by atoms with Crippen molar-refractivity contribution in [3.63, 3.8) is 0 Å². The lowest BCUT2D eigenvalue weighted by Crippen LogP contribution is -2.43. The highest BCUT2D eigenvalue weighted by molar-refractivity contribution is 5.77. The molecule has 0 bridgehead atoms. The smallest absolute Gasteiger partial charge is 0.320 e. The summed E-state index contributed by atoms with van der Waals surface area (Å²) in [6.45, 7) is 3.85. The van der Waals surface area contributed by atoms with Crippen LogP contribution in [0.4, 0.5) is 0 Å². The van der Waals surface area contributed by atoms with Crippen LogP contribution in [0, 0.1) is 5.92 Å². The van der Waals surface area contributed by atoms with Crippen LogP contribution in [0.25, 0.3) is 0 Å². The van der Waals surface area contributed by atoms with Gasteiger partial charge in [-0.15, -0.1) is 0 Å². The van der Waals surface area contributed by atoms with E-state index >= 15 is 0 Å². The second-order valence-electron chi connectivity index (χ2n) is 3.78. The number of nitrogens with zero attached hydrogens (tertiary/aromatic N) is 1. The Morgan fingerprint density at radius 3 is 2.87 bits per heavy atom. The van der Waals surface area contributed by atoms with Gasteiger partial charge in [0, 0.05) is 6.54 Å². The van der Waals surface area contributed by atoms with E-state index in [1.165, 1.54) is 0 Å². The molecule has 1 atom stereocenters. The van der Waals surface area contributed by atoms with Crippen molar-refractivity contribution in [2.75, 3.05) is 26.2 Å². The quantitative estimate of drug-likeness (QED) is 0.655.